The van der Waals surface area contributed by atoms with Gasteiger partial charge in [0, 0.05) is 10.9 Å². The van der Waals surface area contributed by atoms with Crippen LogP contribution in [0, 0.1) is 0 Å². The van der Waals surface area contributed by atoms with Gasteiger partial charge in [-0.2, -0.15) is 0 Å². The fourth-order valence-corrected chi connectivity index (χ4v) is 1.32. The van der Waals surface area contributed by atoms with Gasteiger partial charge in [0.05, 0.1) is 14.2 Å². The quantitative estimate of drug-likeness (QED) is 0.761. The van der Waals surface area contributed by atoms with E-state index in [1.165, 1.54) is 0 Å². The zero-order valence-electron chi connectivity index (χ0n) is 8.00. The molecule has 0 heterocycles. The lowest BCUT2D eigenvalue weighted by Crippen LogP contribution is -1.91. The molecule has 0 aliphatic rings. The summed E-state index contributed by atoms with van der Waals surface area (Å²) in [5, 5.41) is 0. The van der Waals surface area contributed by atoms with Gasteiger partial charge in [0.25, 0.3) is 0 Å². The number of hydrogen-bond donors (Lipinski definition) is 0. The summed E-state index contributed by atoms with van der Waals surface area (Å²) in [5.74, 6) is 1.64. The lowest BCUT2D eigenvalue weighted by atomic mass is 10.1. The number of hydrogen-bond acceptors (Lipinski definition) is 2. The zero-order chi connectivity index (χ0) is 9.84. The van der Waals surface area contributed by atoms with E-state index in [1.54, 1.807) is 14.2 Å². The third-order valence-electron chi connectivity index (χ3n) is 1.83. The Morgan fingerprint density at radius 2 is 1.54 bits per heavy atom. The van der Waals surface area contributed by atoms with Crippen LogP contribution in [-0.2, 0) is 0 Å². The van der Waals surface area contributed by atoms with Crippen LogP contribution in [0.4, 0.5) is 0 Å². The molecule has 0 aromatic heterocycles. The van der Waals surface area contributed by atoms with Gasteiger partial charge in [-0.25, -0.2) is 0 Å². The van der Waals surface area contributed by atoms with E-state index in [9.17, 15) is 0 Å². The molecule has 0 saturated carbocycles. The van der Waals surface area contributed by atoms with Crippen LogP contribution in [0.1, 0.15) is 17.3 Å². The van der Waals surface area contributed by atoms with Crippen LogP contribution in [0.5, 0.6) is 11.5 Å². The van der Waals surface area contributed by atoms with Gasteiger partial charge in [0.15, 0.2) is 0 Å². The third kappa shape index (κ3) is 2.62. The molecule has 0 aliphatic heterocycles. The number of halogens is 1. The van der Waals surface area contributed by atoms with Crippen molar-refractivity contribution in [1.82, 2.24) is 0 Å². The van der Waals surface area contributed by atoms with E-state index in [1.807, 2.05) is 18.2 Å². The minimum absolute atomic E-state index is 0.302. The van der Waals surface area contributed by atoms with Crippen molar-refractivity contribution in [2.24, 2.45) is 0 Å². The highest BCUT2D eigenvalue weighted by Crippen LogP contribution is 2.29. The highest BCUT2D eigenvalue weighted by Gasteiger charge is 2.05. The molecule has 0 bridgehead atoms. The van der Waals surface area contributed by atoms with E-state index in [0.717, 1.165) is 17.1 Å². The normalized spacial score (nSPS) is 12.3. The number of ether oxygens (including phenoxy) is 2. The first-order valence-electron chi connectivity index (χ1n) is 4.04. The smallest absolute Gasteiger partial charge is 0.122 e. The lowest BCUT2D eigenvalue weighted by Gasteiger charge is -2.09. The van der Waals surface area contributed by atoms with E-state index in [4.69, 9.17) is 9.47 Å². The highest BCUT2D eigenvalue weighted by atomic mass is 79.9. The highest BCUT2D eigenvalue weighted by molar-refractivity contribution is 9.09. The molecule has 1 aromatic rings. The van der Waals surface area contributed by atoms with Crippen LogP contribution in [0.15, 0.2) is 18.2 Å². The van der Waals surface area contributed by atoms with Crippen LogP contribution in [-0.4, -0.2) is 14.2 Å². The number of methoxy groups -OCH3 is 2. The summed E-state index contributed by atoms with van der Waals surface area (Å²) in [6.45, 7) is 2.06. The van der Waals surface area contributed by atoms with E-state index in [-0.39, 0.29) is 0 Å². The van der Waals surface area contributed by atoms with Gasteiger partial charge in [-0.3, -0.25) is 0 Å². The summed E-state index contributed by atoms with van der Waals surface area (Å²) in [6, 6.07) is 5.84. The second-order valence-electron chi connectivity index (χ2n) is 2.76. The minimum atomic E-state index is 0.302. The first kappa shape index (κ1) is 10.4. The first-order chi connectivity index (χ1) is 6.17. The van der Waals surface area contributed by atoms with Gasteiger partial charge in [0.1, 0.15) is 11.5 Å². The molecule has 0 N–H and O–H groups in total. The summed E-state index contributed by atoms with van der Waals surface area (Å²) in [4.78, 5) is 0.302. The van der Waals surface area contributed by atoms with Crippen molar-refractivity contribution < 1.29 is 9.47 Å². The second kappa shape index (κ2) is 4.51. The Kier molecular flexibility index (Phi) is 3.60. The molecule has 2 nitrogen and oxygen atoms in total. The average Bonchev–Trinajstić information content (AvgIpc) is 2.16. The number of rotatable bonds is 3. The topological polar surface area (TPSA) is 18.5 Å². The molecule has 0 radical (unpaired) electrons. The molecule has 1 unspecified atom stereocenters. The Hall–Kier alpha value is -0.700. The monoisotopic (exact) mass is 244 g/mol. The largest absolute Gasteiger partial charge is 0.497 e. The van der Waals surface area contributed by atoms with E-state index < -0.39 is 0 Å². The summed E-state index contributed by atoms with van der Waals surface area (Å²) in [6.07, 6.45) is 0. The maximum atomic E-state index is 5.15. The second-order valence-corrected chi connectivity index (χ2v) is 4.14. The van der Waals surface area contributed by atoms with Crippen molar-refractivity contribution in [3.8, 4) is 11.5 Å². The van der Waals surface area contributed by atoms with Crippen molar-refractivity contribution in [3.05, 3.63) is 23.8 Å². The van der Waals surface area contributed by atoms with Gasteiger partial charge < -0.3 is 9.47 Å². The SMILES string of the molecule is COc1cc(OC)cc(C(C)Br)c1. The predicted molar refractivity (Wildman–Crippen MR) is 56.9 cm³/mol. The van der Waals surface area contributed by atoms with Gasteiger partial charge in [-0.1, -0.05) is 15.9 Å². The molecule has 3 heteroatoms. The van der Waals surface area contributed by atoms with Crippen molar-refractivity contribution in [2.45, 2.75) is 11.8 Å². The molecule has 13 heavy (non-hydrogen) atoms. The van der Waals surface area contributed by atoms with Crippen LogP contribution < -0.4 is 9.47 Å². The van der Waals surface area contributed by atoms with Crippen LogP contribution in [0.25, 0.3) is 0 Å². The molecule has 0 amide bonds. The van der Waals surface area contributed by atoms with Crippen LogP contribution in [0.2, 0.25) is 0 Å². The summed E-state index contributed by atoms with van der Waals surface area (Å²) in [5.41, 5.74) is 1.15. The maximum Gasteiger partial charge on any atom is 0.122 e. The van der Waals surface area contributed by atoms with Crippen molar-refractivity contribution >= 4 is 15.9 Å². The fourth-order valence-electron chi connectivity index (χ4n) is 1.06. The molecule has 0 saturated heterocycles. The van der Waals surface area contributed by atoms with Crippen molar-refractivity contribution in [2.75, 3.05) is 14.2 Å². The first-order valence-corrected chi connectivity index (χ1v) is 4.96. The fraction of sp³-hybridized carbons (Fsp3) is 0.400. The molecule has 72 valence electrons. The predicted octanol–water partition coefficient (Wildman–Crippen LogP) is 3.16. The average molecular weight is 245 g/mol. The van der Waals surface area contributed by atoms with Crippen LogP contribution in [0.3, 0.4) is 0 Å². The molecular weight excluding hydrogens is 232 g/mol. The molecule has 0 fully saturated rings. The van der Waals surface area contributed by atoms with Gasteiger partial charge in [0.2, 0.25) is 0 Å². The number of alkyl halides is 1. The Bertz CT molecular complexity index is 262. The van der Waals surface area contributed by atoms with Gasteiger partial charge in [-0.05, 0) is 24.6 Å². The standard InChI is InChI=1S/C10H13BrO2/c1-7(11)8-4-9(12-2)6-10(5-8)13-3/h4-7H,1-3H3. The molecule has 0 aliphatic carbocycles. The van der Waals surface area contributed by atoms with Crippen molar-refractivity contribution in [1.29, 1.82) is 0 Å². The Balaban J connectivity index is 3.07. The number of benzene rings is 1. The maximum absolute atomic E-state index is 5.15. The third-order valence-corrected chi connectivity index (χ3v) is 2.36. The van der Waals surface area contributed by atoms with Gasteiger partial charge >= 0.3 is 0 Å². The summed E-state index contributed by atoms with van der Waals surface area (Å²) >= 11 is 3.50. The van der Waals surface area contributed by atoms with E-state index >= 15 is 0 Å². The van der Waals surface area contributed by atoms with E-state index in [2.05, 4.69) is 22.9 Å². The van der Waals surface area contributed by atoms with Crippen LogP contribution >= 0.6 is 15.9 Å². The lowest BCUT2D eigenvalue weighted by molar-refractivity contribution is 0.393. The minimum Gasteiger partial charge on any atom is -0.497 e. The Labute approximate surface area is 87.0 Å². The molecule has 0 spiro atoms. The van der Waals surface area contributed by atoms with E-state index in [0.29, 0.717) is 4.83 Å². The Morgan fingerprint density at radius 1 is 1.08 bits per heavy atom. The molecule has 1 atom stereocenters. The molecule has 1 aromatic carbocycles. The van der Waals surface area contributed by atoms with Gasteiger partial charge in [-0.15, -0.1) is 0 Å². The molecule has 1 rings (SSSR count). The zero-order valence-corrected chi connectivity index (χ0v) is 9.59. The molecular formula is C10H13BrO2. The summed E-state index contributed by atoms with van der Waals surface area (Å²) < 4.78 is 10.3. The van der Waals surface area contributed by atoms with Crippen molar-refractivity contribution in [3.63, 3.8) is 0 Å². The summed E-state index contributed by atoms with van der Waals surface area (Å²) in [7, 11) is 3.30. The Morgan fingerprint density at radius 3 is 1.85 bits per heavy atom.